The van der Waals surface area contributed by atoms with E-state index in [0.29, 0.717) is 22.3 Å². The van der Waals surface area contributed by atoms with E-state index in [0.717, 1.165) is 0 Å². The Hall–Kier alpha value is -1.04. The second-order valence-corrected chi connectivity index (χ2v) is 4.67. The zero-order chi connectivity index (χ0) is 11.5. The molecular formula is C9H7Cl2N3OS. The molecule has 0 aliphatic heterocycles. The van der Waals surface area contributed by atoms with Crippen molar-refractivity contribution in [2.24, 2.45) is 0 Å². The molecule has 0 radical (unpaired) electrons. The third-order valence-electron chi connectivity index (χ3n) is 1.90. The van der Waals surface area contributed by atoms with Gasteiger partial charge >= 0.3 is 0 Å². The van der Waals surface area contributed by atoms with E-state index < -0.39 is 0 Å². The van der Waals surface area contributed by atoms with Crippen LogP contribution in [0, 0.1) is 0 Å². The summed E-state index contributed by atoms with van der Waals surface area (Å²) in [4.78, 5) is 0. The van der Waals surface area contributed by atoms with Crippen LogP contribution in [0.25, 0.3) is 0 Å². The Balaban J connectivity index is 2.15. The van der Waals surface area contributed by atoms with Gasteiger partial charge in [-0.15, -0.1) is 10.2 Å². The van der Waals surface area contributed by atoms with Gasteiger partial charge in [0, 0.05) is 17.1 Å². The summed E-state index contributed by atoms with van der Waals surface area (Å²) in [6.07, 6.45) is 0. The van der Waals surface area contributed by atoms with Gasteiger partial charge in [-0.05, 0) is 12.1 Å². The van der Waals surface area contributed by atoms with Crippen LogP contribution < -0.4 is 5.32 Å². The summed E-state index contributed by atoms with van der Waals surface area (Å²) in [5, 5.41) is 21.6. The molecule has 0 aliphatic rings. The fraction of sp³-hybridized carbons (Fsp3) is 0.111. The third-order valence-corrected chi connectivity index (χ3v) is 3.05. The molecule has 0 spiro atoms. The lowest BCUT2D eigenvalue weighted by atomic mass is 10.2. The van der Waals surface area contributed by atoms with Gasteiger partial charge in [0.25, 0.3) is 0 Å². The van der Waals surface area contributed by atoms with Crippen LogP contribution in [0.4, 0.5) is 5.13 Å². The van der Waals surface area contributed by atoms with Crippen molar-refractivity contribution in [1.29, 1.82) is 0 Å². The minimum absolute atomic E-state index is 0.0306. The maximum absolute atomic E-state index is 9.69. The lowest BCUT2D eigenvalue weighted by molar-refractivity contribution is 0.469. The molecule has 0 unspecified atom stereocenters. The number of benzene rings is 1. The van der Waals surface area contributed by atoms with Crippen LogP contribution in [0.5, 0.6) is 5.75 Å². The molecule has 0 aliphatic carbocycles. The van der Waals surface area contributed by atoms with Crippen molar-refractivity contribution >= 4 is 39.7 Å². The zero-order valence-corrected chi connectivity index (χ0v) is 10.3. The number of phenolic OH excluding ortho intramolecular Hbond substituents is 1. The molecule has 2 aromatic rings. The summed E-state index contributed by atoms with van der Waals surface area (Å²) >= 11 is 13.0. The van der Waals surface area contributed by atoms with Crippen molar-refractivity contribution in [3.63, 3.8) is 0 Å². The smallest absolute Gasteiger partial charge is 0.205 e. The van der Waals surface area contributed by atoms with Crippen molar-refractivity contribution in [1.82, 2.24) is 10.2 Å². The topological polar surface area (TPSA) is 58.0 Å². The van der Waals surface area contributed by atoms with Gasteiger partial charge < -0.3 is 10.4 Å². The van der Waals surface area contributed by atoms with E-state index >= 15 is 0 Å². The molecule has 1 heterocycles. The summed E-state index contributed by atoms with van der Waals surface area (Å²) in [6, 6.07) is 3.14. The van der Waals surface area contributed by atoms with Crippen LogP contribution in [0.1, 0.15) is 5.56 Å². The van der Waals surface area contributed by atoms with Crippen LogP contribution >= 0.6 is 34.5 Å². The van der Waals surface area contributed by atoms with E-state index in [1.165, 1.54) is 17.4 Å². The molecule has 2 N–H and O–H groups in total. The van der Waals surface area contributed by atoms with Crippen LogP contribution in [0.15, 0.2) is 17.6 Å². The summed E-state index contributed by atoms with van der Waals surface area (Å²) in [5.41, 5.74) is 2.24. The molecule has 2 rings (SSSR count). The Kier molecular flexibility index (Phi) is 3.48. The lowest BCUT2D eigenvalue weighted by Gasteiger charge is -2.07. The number of aromatic nitrogens is 2. The Morgan fingerprint density at radius 3 is 2.88 bits per heavy atom. The van der Waals surface area contributed by atoms with Crippen LogP contribution in [-0.2, 0) is 6.54 Å². The number of halogens is 2. The van der Waals surface area contributed by atoms with E-state index in [2.05, 4.69) is 15.5 Å². The van der Waals surface area contributed by atoms with Crippen molar-refractivity contribution in [2.45, 2.75) is 6.54 Å². The van der Waals surface area contributed by atoms with Gasteiger partial charge in [0.05, 0.1) is 5.02 Å². The molecule has 0 saturated heterocycles. The molecule has 0 fully saturated rings. The predicted octanol–water partition coefficient (Wildman–Crippen LogP) is 3.16. The van der Waals surface area contributed by atoms with E-state index in [1.54, 1.807) is 11.6 Å². The second kappa shape index (κ2) is 4.86. The van der Waals surface area contributed by atoms with E-state index in [1.807, 2.05) is 0 Å². The number of aromatic hydroxyl groups is 1. The predicted molar refractivity (Wildman–Crippen MR) is 65.4 cm³/mol. The number of hydrogen-bond donors (Lipinski definition) is 2. The largest absolute Gasteiger partial charge is 0.506 e. The number of nitrogens with zero attached hydrogens (tertiary/aromatic N) is 2. The Morgan fingerprint density at radius 1 is 1.38 bits per heavy atom. The average molecular weight is 276 g/mol. The van der Waals surface area contributed by atoms with Gasteiger partial charge in [0.2, 0.25) is 5.13 Å². The third kappa shape index (κ3) is 2.55. The first-order valence-electron chi connectivity index (χ1n) is 4.34. The van der Waals surface area contributed by atoms with E-state index in [9.17, 15) is 5.11 Å². The average Bonchev–Trinajstić information content (AvgIpc) is 2.74. The number of phenols is 1. The highest BCUT2D eigenvalue weighted by atomic mass is 35.5. The monoisotopic (exact) mass is 275 g/mol. The SMILES string of the molecule is Oc1c(Cl)cc(Cl)cc1CNc1nncs1. The van der Waals surface area contributed by atoms with E-state index in [4.69, 9.17) is 23.2 Å². The molecule has 16 heavy (non-hydrogen) atoms. The standard InChI is InChI=1S/C9H7Cl2N3OS/c10-6-1-5(8(15)7(11)2-6)3-12-9-14-13-4-16-9/h1-2,4,15H,3H2,(H,12,14). The first kappa shape index (κ1) is 11.4. The van der Waals surface area contributed by atoms with Crippen molar-refractivity contribution in [3.05, 3.63) is 33.3 Å². The zero-order valence-electron chi connectivity index (χ0n) is 7.94. The Bertz CT molecular complexity index is 490. The summed E-state index contributed by atoms with van der Waals surface area (Å²) < 4.78 is 0. The minimum Gasteiger partial charge on any atom is -0.506 e. The number of nitrogens with one attached hydrogen (secondary N) is 1. The van der Waals surface area contributed by atoms with Crippen molar-refractivity contribution < 1.29 is 5.11 Å². The maximum Gasteiger partial charge on any atom is 0.205 e. The van der Waals surface area contributed by atoms with E-state index in [-0.39, 0.29) is 10.8 Å². The van der Waals surface area contributed by atoms with Gasteiger partial charge in [-0.25, -0.2) is 0 Å². The Morgan fingerprint density at radius 2 is 2.19 bits per heavy atom. The first-order valence-corrected chi connectivity index (χ1v) is 5.97. The minimum atomic E-state index is 0.0306. The molecule has 7 heteroatoms. The number of rotatable bonds is 3. The second-order valence-electron chi connectivity index (χ2n) is 2.99. The van der Waals surface area contributed by atoms with Crippen LogP contribution in [-0.4, -0.2) is 15.3 Å². The fourth-order valence-electron chi connectivity index (χ4n) is 1.17. The van der Waals surface area contributed by atoms with Crippen LogP contribution in [0.2, 0.25) is 10.0 Å². The Labute approximate surface area is 106 Å². The normalized spacial score (nSPS) is 10.4. The highest BCUT2D eigenvalue weighted by Gasteiger charge is 2.08. The molecular weight excluding hydrogens is 269 g/mol. The van der Waals surface area contributed by atoms with Gasteiger partial charge in [-0.1, -0.05) is 34.5 Å². The van der Waals surface area contributed by atoms with Gasteiger partial charge in [0.1, 0.15) is 11.3 Å². The molecule has 0 saturated carbocycles. The summed E-state index contributed by atoms with van der Waals surface area (Å²) in [6.45, 7) is 0.390. The highest BCUT2D eigenvalue weighted by Crippen LogP contribution is 2.31. The van der Waals surface area contributed by atoms with Gasteiger partial charge in [0.15, 0.2) is 0 Å². The number of anilines is 1. The quantitative estimate of drug-likeness (QED) is 0.904. The lowest BCUT2D eigenvalue weighted by Crippen LogP contribution is -1.99. The van der Waals surface area contributed by atoms with Crippen molar-refractivity contribution in [3.8, 4) is 5.75 Å². The van der Waals surface area contributed by atoms with Crippen molar-refractivity contribution in [2.75, 3.05) is 5.32 Å². The first-order chi connectivity index (χ1) is 7.66. The highest BCUT2D eigenvalue weighted by molar-refractivity contribution is 7.13. The van der Waals surface area contributed by atoms with Crippen LogP contribution in [0.3, 0.4) is 0 Å². The molecule has 0 amide bonds. The molecule has 1 aromatic heterocycles. The molecule has 4 nitrogen and oxygen atoms in total. The van der Waals surface area contributed by atoms with Gasteiger partial charge in [-0.2, -0.15) is 0 Å². The summed E-state index contributed by atoms with van der Waals surface area (Å²) in [5.74, 6) is 0.0306. The number of hydrogen-bond acceptors (Lipinski definition) is 5. The maximum atomic E-state index is 9.69. The fourth-order valence-corrected chi connectivity index (χ4v) is 2.15. The molecule has 0 atom stereocenters. The molecule has 1 aromatic carbocycles. The summed E-state index contributed by atoms with van der Waals surface area (Å²) in [7, 11) is 0. The van der Waals surface area contributed by atoms with Gasteiger partial charge in [-0.3, -0.25) is 0 Å². The molecule has 0 bridgehead atoms. The molecule has 84 valence electrons.